The van der Waals surface area contributed by atoms with E-state index < -0.39 is 0 Å². The highest BCUT2D eigenvalue weighted by molar-refractivity contribution is 6.11. The number of fused-ring (bicyclic) bond motifs is 8. The van der Waals surface area contributed by atoms with Gasteiger partial charge in [-0.25, -0.2) is 9.97 Å². The first-order valence-corrected chi connectivity index (χ1v) is 14.2. The molecule has 0 aliphatic rings. The van der Waals surface area contributed by atoms with Gasteiger partial charge in [0, 0.05) is 32.3 Å². The van der Waals surface area contributed by atoms with E-state index in [1.54, 1.807) is 0 Å². The zero-order chi connectivity index (χ0) is 26.5. The Kier molecular flexibility index (Phi) is 5.44. The standard InChI is InChI=1S/C38H28N2/c1-3-13-27-25(11-1)21-23-33-29(31-17-7-9-19-35(31)39-37(27)33)15-5-6-16-30-32-18-8-10-20-36(32)40-38-28-14-4-2-12-26(28)22-24-34(30)38/h1-4,7-14,17-24H,5-6,15-16H2. The van der Waals surface area contributed by atoms with Gasteiger partial charge in [-0.2, -0.15) is 0 Å². The minimum absolute atomic E-state index is 1.03. The van der Waals surface area contributed by atoms with Gasteiger partial charge in [0.2, 0.25) is 0 Å². The molecule has 0 radical (unpaired) electrons. The average Bonchev–Trinajstić information content (AvgIpc) is 3.02. The number of hydrogen-bond acceptors (Lipinski definition) is 2. The van der Waals surface area contributed by atoms with Crippen molar-refractivity contribution in [2.75, 3.05) is 0 Å². The summed E-state index contributed by atoms with van der Waals surface area (Å²) in [4.78, 5) is 10.3. The van der Waals surface area contributed by atoms with Crippen LogP contribution in [0.2, 0.25) is 0 Å². The Bertz CT molecular complexity index is 2070. The van der Waals surface area contributed by atoms with Crippen molar-refractivity contribution >= 4 is 65.2 Å². The molecule has 0 bridgehead atoms. The van der Waals surface area contributed by atoms with Gasteiger partial charge < -0.3 is 0 Å². The van der Waals surface area contributed by atoms with Crippen molar-refractivity contribution in [3.63, 3.8) is 0 Å². The van der Waals surface area contributed by atoms with Gasteiger partial charge in [-0.15, -0.1) is 0 Å². The SMILES string of the molecule is c1ccc2c(c1)ccc1c(CCCCc3c4ccccc4nc4c3ccc3ccccc34)c3ccccc3nc12. The molecule has 6 aromatic carbocycles. The van der Waals surface area contributed by atoms with Crippen LogP contribution in [0.4, 0.5) is 0 Å². The van der Waals surface area contributed by atoms with Crippen molar-refractivity contribution in [1.82, 2.24) is 9.97 Å². The predicted molar refractivity (Wildman–Crippen MR) is 170 cm³/mol. The minimum Gasteiger partial charge on any atom is -0.247 e. The second-order valence-electron chi connectivity index (χ2n) is 10.8. The smallest absolute Gasteiger partial charge is 0.0790 e. The number of aryl methyl sites for hydroxylation is 2. The van der Waals surface area contributed by atoms with Gasteiger partial charge in [0.1, 0.15) is 0 Å². The van der Waals surface area contributed by atoms with Crippen molar-refractivity contribution in [1.29, 1.82) is 0 Å². The lowest BCUT2D eigenvalue weighted by atomic mass is 9.93. The van der Waals surface area contributed by atoms with Crippen LogP contribution in [-0.4, -0.2) is 9.97 Å². The molecule has 2 heteroatoms. The maximum Gasteiger partial charge on any atom is 0.0790 e. The third-order valence-electron chi connectivity index (χ3n) is 8.48. The van der Waals surface area contributed by atoms with E-state index in [2.05, 4.69) is 121 Å². The molecule has 0 saturated heterocycles. The Labute approximate surface area is 232 Å². The number of para-hydroxylation sites is 2. The third kappa shape index (κ3) is 3.71. The van der Waals surface area contributed by atoms with E-state index in [0.29, 0.717) is 0 Å². The highest BCUT2D eigenvalue weighted by Gasteiger charge is 2.14. The Hall–Kier alpha value is -4.82. The van der Waals surface area contributed by atoms with Crippen LogP contribution in [0.3, 0.4) is 0 Å². The van der Waals surface area contributed by atoms with Gasteiger partial charge in [-0.3, -0.25) is 0 Å². The van der Waals surface area contributed by atoms with Gasteiger partial charge in [-0.1, -0.05) is 109 Å². The van der Waals surface area contributed by atoms with Crippen LogP contribution in [0, 0.1) is 0 Å². The Morgan fingerprint density at radius 2 is 0.750 bits per heavy atom. The summed E-state index contributed by atoms with van der Waals surface area (Å²) in [6, 6.07) is 43.5. The predicted octanol–water partition coefficient (Wildman–Crippen LogP) is 9.96. The van der Waals surface area contributed by atoms with E-state index in [1.807, 2.05) is 0 Å². The fourth-order valence-corrected chi connectivity index (χ4v) is 6.56. The molecule has 0 spiro atoms. The van der Waals surface area contributed by atoms with Crippen molar-refractivity contribution in [2.24, 2.45) is 0 Å². The van der Waals surface area contributed by atoms with Crippen molar-refractivity contribution < 1.29 is 0 Å². The van der Waals surface area contributed by atoms with Crippen LogP contribution in [0.5, 0.6) is 0 Å². The Morgan fingerprint density at radius 3 is 1.23 bits per heavy atom. The highest BCUT2D eigenvalue weighted by Crippen LogP contribution is 2.34. The number of hydrogen-bond donors (Lipinski definition) is 0. The van der Waals surface area contributed by atoms with Crippen LogP contribution in [0.15, 0.2) is 121 Å². The summed E-state index contributed by atoms with van der Waals surface area (Å²) >= 11 is 0. The molecule has 2 aromatic heterocycles. The number of rotatable bonds is 5. The lowest BCUT2D eigenvalue weighted by molar-refractivity contribution is 0.744. The number of benzene rings is 6. The maximum absolute atomic E-state index is 5.13. The monoisotopic (exact) mass is 512 g/mol. The zero-order valence-electron chi connectivity index (χ0n) is 22.3. The first-order chi connectivity index (χ1) is 19.8. The topological polar surface area (TPSA) is 25.8 Å². The lowest BCUT2D eigenvalue weighted by Gasteiger charge is -2.14. The van der Waals surface area contributed by atoms with E-state index in [9.17, 15) is 0 Å². The third-order valence-corrected chi connectivity index (χ3v) is 8.48. The summed E-state index contributed by atoms with van der Waals surface area (Å²) in [6.45, 7) is 0. The lowest BCUT2D eigenvalue weighted by Crippen LogP contribution is -1.97. The zero-order valence-corrected chi connectivity index (χ0v) is 22.3. The second-order valence-corrected chi connectivity index (χ2v) is 10.8. The summed E-state index contributed by atoms with van der Waals surface area (Å²) in [5.41, 5.74) is 7.23. The molecule has 8 rings (SSSR count). The first-order valence-electron chi connectivity index (χ1n) is 14.2. The fourth-order valence-electron chi connectivity index (χ4n) is 6.56. The van der Waals surface area contributed by atoms with Crippen molar-refractivity contribution in [3.8, 4) is 0 Å². The molecular weight excluding hydrogens is 484 g/mol. The maximum atomic E-state index is 5.13. The van der Waals surface area contributed by atoms with Gasteiger partial charge >= 0.3 is 0 Å². The largest absolute Gasteiger partial charge is 0.247 e. The molecule has 2 heterocycles. The summed E-state index contributed by atoms with van der Waals surface area (Å²) in [7, 11) is 0. The molecule has 0 saturated carbocycles. The van der Waals surface area contributed by atoms with E-state index >= 15 is 0 Å². The van der Waals surface area contributed by atoms with Crippen LogP contribution in [0.1, 0.15) is 24.0 Å². The van der Waals surface area contributed by atoms with Gasteiger partial charge in [0.05, 0.1) is 22.1 Å². The summed E-state index contributed by atoms with van der Waals surface area (Å²) in [6.07, 6.45) is 4.28. The molecule has 0 fully saturated rings. The number of aromatic nitrogens is 2. The van der Waals surface area contributed by atoms with E-state index in [0.717, 1.165) is 47.8 Å². The quantitative estimate of drug-likeness (QED) is 0.130. The molecule has 8 aromatic rings. The summed E-state index contributed by atoms with van der Waals surface area (Å²) in [5, 5.41) is 10.1. The van der Waals surface area contributed by atoms with Crippen LogP contribution in [0.25, 0.3) is 65.2 Å². The minimum atomic E-state index is 1.03. The second kappa shape index (κ2) is 9.43. The average molecular weight is 513 g/mol. The number of pyridine rings is 2. The molecule has 0 aliphatic carbocycles. The molecule has 0 aliphatic heterocycles. The molecule has 0 unspecified atom stereocenters. The molecule has 2 nitrogen and oxygen atoms in total. The molecule has 190 valence electrons. The van der Waals surface area contributed by atoms with E-state index in [-0.39, 0.29) is 0 Å². The summed E-state index contributed by atoms with van der Waals surface area (Å²) < 4.78 is 0. The van der Waals surface area contributed by atoms with E-state index in [4.69, 9.17) is 9.97 Å². The first kappa shape index (κ1) is 23.1. The molecule has 0 atom stereocenters. The normalized spacial score (nSPS) is 11.9. The van der Waals surface area contributed by atoms with Gasteiger partial charge in [-0.05, 0) is 59.7 Å². The van der Waals surface area contributed by atoms with Gasteiger partial charge in [0.25, 0.3) is 0 Å². The van der Waals surface area contributed by atoms with Gasteiger partial charge in [0.15, 0.2) is 0 Å². The fraction of sp³-hybridized carbons (Fsp3) is 0.105. The molecular formula is C38H28N2. The highest BCUT2D eigenvalue weighted by atomic mass is 14.7. The van der Waals surface area contributed by atoms with E-state index in [1.165, 1.54) is 54.2 Å². The van der Waals surface area contributed by atoms with Crippen LogP contribution >= 0.6 is 0 Å². The van der Waals surface area contributed by atoms with Crippen molar-refractivity contribution in [3.05, 3.63) is 132 Å². The van der Waals surface area contributed by atoms with Crippen molar-refractivity contribution in [2.45, 2.75) is 25.7 Å². The van der Waals surface area contributed by atoms with Crippen LogP contribution < -0.4 is 0 Å². The number of nitrogens with zero attached hydrogens (tertiary/aromatic N) is 2. The Morgan fingerprint density at radius 1 is 0.350 bits per heavy atom. The Balaban J connectivity index is 1.18. The molecule has 0 amide bonds. The van der Waals surface area contributed by atoms with Crippen LogP contribution in [-0.2, 0) is 12.8 Å². The molecule has 0 N–H and O–H groups in total. The summed E-state index contributed by atoms with van der Waals surface area (Å²) in [5.74, 6) is 0. The molecule has 40 heavy (non-hydrogen) atoms. The number of unbranched alkanes of at least 4 members (excludes halogenated alkanes) is 1.